The van der Waals surface area contributed by atoms with Gasteiger partial charge in [-0.1, -0.05) is 23.6 Å². The minimum absolute atomic E-state index is 0.0313. The molecule has 8 rings (SSSR count). The van der Waals surface area contributed by atoms with E-state index in [1.54, 1.807) is 0 Å². The van der Waals surface area contributed by atoms with E-state index in [9.17, 15) is 52.4 Å². The Labute approximate surface area is 369 Å². The number of benzene rings is 2. The van der Waals surface area contributed by atoms with Crippen LogP contribution in [0.1, 0.15) is 79.0 Å². The van der Waals surface area contributed by atoms with Crippen LogP contribution in [0.15, 0.2) is 42.5 Å². The predicted octanol–water partition coefficient (Wildman–Crippen LogP) is 7.90. The maximum atomic E-state index is 15.5. The summed E-state index contributed by atoms with van der Waals surface area (Å²) in [6.07, 6.45) is -7.43. The first-order valence-electron chi connectivity index (χ1n) is 19.7. The lowest BCUT2D eigenvalue weighted by atomic mass is 9.93. The highest BCUT2D eigenvalue weighted by atomic mass is 35.5. The molecule has 3 aliphatic carbocycles. The van der Waals surface area contributed by atoms with Gasteiger partial charge in [-0.25, -0.2) is 39.4 Å². The zero-order valence-electron chi connectivity index (χ0n) is 34.0. The standard InChI is InChI=1S/C41H35ClF9N7O5S2/c1-39(2,64(3,60)61)11-10-22-4-7-24(25-8-9-28(42)33-35(25)57(17-30(45)46)55-38(33)56-65(62,63)23-5-6-23)34(52-22)29(14-19-12-20(43)15-21(44)13-19)53-31(59)18-58-37-32(36(54-58)41(49,50)51)26-16-27(26)40(37,47)48/h4,7-9,12-13,15,23,26-27,29-30H,5-6,14,16-18H2,1-3H3,(H,53,59)(H,55,56)/t26-,27+,29?/m0/s1. The van der Waals surface area contributed by atoms with Crippen molar-refractivity contribution in [3.63, 3.8) is 0 Å². The number of aromatic nitrogens is 5. The summed E-state index contributed by atoms with van der Waals surface area (Å²) in [5.41, 5.74) is -4.22. The van der Waals surface area contributed by atoms with Crippen LogP contribution in [0.3, 0.4) is 0 Å². The number of nitrogens with one attached hydrogen (secondary N) is 2. The molecule has 0 saturated heterocycles. The maximum absolute atomic E-state index is 15.5. The van der Waals surface area contributed by atoms with E-state index in [4.69, 9.17) is 11.6 Å². The highest BCUT2D eigenvalue weighted by Gasteiger charge is 2.68. The van der Waals surface area contributed by atoms with Gasteiger partial charge in [-0.2, -0.15) is 32.1 Å². The third-order valence-electron chi connectivity index (χ3n) is 11.5. The van der Waals surface area contributed by atoms with E-state index >= 15 is 8.78 Å². The number of carbonyl (C=O) groups is 1. The van der Waals surface area contributed by atoms with Gasteiger partial charge in [0.1, 0.15) is 40.9 Å². The fourth-order valence-corrected chi connectivity index (χ4v) is 9.74. The summed E-state index contributed by atoms with van der Waals surface area (Å²) >= 11 is 6.61. The first-order valence-corrected chi connectivity index (χ1v) is 23.5. The first kappa shape index (κ1) is 46.2. The average molecular weight is 976 g/mol. The Kier molecular flexibility index (Phi) is 11.3. The molecule has 65 heavy (non-hydrogen) atoms. The van der Waals surface area contributed by atoms with Crippen molar-refractivity contribution in [1.29, 1.82) is 0 Å². The molecule has 2 saturated carbocycles. The number of nitrogens with zero attached hydrogens (tertiary/aromatic N) is 5. The average Bonchev–Trinajstić information content (AvgIpc) is 4.10. The van der Waals surface area contributed by atoms with Gasteiger partial charge >= 0.3 is 6.18 Å². The molecule has 3 heterocycles. The van der Waals surface area contributed by atoms with E-state index in [0.717, 1.165) is 23.1 Å². The summed E-state index contributed by atoms with van der Waals surface area (Å²) < 4.78 is 184. The van der Waals surface area contributed by atoms with Gasteiger partial charge < -0.3 is 5.32 Å². The molecular weight excluding hydrogens is 941 g/mol. The fourth-order valence-electron chi connectivity index (χ4n) is 7.92. The first-order chi connectivity index (χ1) is 30.2. The number of carbonyl (C=O) groups excluding carboxylic acids is 1. The molecule has 346 valence electrons. The number of halogens is 10. The molecule has 0 spiro atoms. The van der Waals surface area contributed by atoms with E-state index in [2.05, 4.69) is 37.1 Å². The lowest BCUT2D eigenvalue weighted by Gasteiger charge is -2.23. The Morgan fingerprint density at radius 3 is 2.26 bits per heavy atom. The van der Waals surface area contributed by atoms with Gasteiger partial charge in [0, 0.05) is 34.9 Å². The van der Waals surface area contributed by atoms with Crippen molar-refractivity contribution in [2.75, 3.05) is 11.0 Å². The zero-order valence-corrected chi connectivity index (χ0v) is 36.4. The number of rotatable bonds is 13. The smallest absolute Gasteiger partial charge is 0.346 e. The van der Waals surface area contributed by atoms with Crippen LogP contribution >= 0.6 is 11.6 Å². The van der Waals surface area contributed by atoms with Crippen molar-refractivity contribution in [1.82, 2.24) is 29.9 Å². The second kappa shape index (κ2) is 15.9. The van der Waals surface area contributed by atoms with Crippen molar-refractivity contribution in [2.45, 2.75) is 93.1 Å². The minimum Gasteiger partial charge on any atom is -0.346 e. The molecule has 3 aromatic heterocycles. The number of amides is 1. The van der Waals surface area contributed by atoms with Gasteiger partial charge in [0.25, 0.3) is 12.3 Å². The van der Waals surface area contributed by atoms with E-state index in [1.807, 2.05) is 0 Å². The molecule has 2 N–H and O–H groups in total. The predicted molar refractivity (Wildman–Crippen MR) is 218 cm³/mol. The fraction of sp³-hybridized carbons (Fsp3) is 0.415. The molecule has 1 unspecified atom stereocenters. The lowest BCUT2D eigenvalue weighted by molar-refractivity contribution is -0.142. The van der Waals surface area contributed by atoms with Crippen molar-refractivity contribution >= 4 is 54.1 Å². The third-order valence-corrected chi connectivity index (χ3v) is 15.6. The van der Waals surface area contributed by atoms with E-state index in [-0.39, 0.29) is 55.1 Å². The van der Waals surface area contributed by atoms with E-state index in [1.165, 1.54) is 38.1 Å². The van der Waals surface area contributed by atoms with Gasteiger partial charge in [-0.15, -0.1) is 0 Å². The minimum atomic E-state index is -5.16. The van der Waals surface area contributed by atoms with Crippen LogP contribution in [-0.2, 0) is 56.3 Å². The maximum Gasteiger partial charge on any atom is 0.435 e. The van der Waals surface area contributed by atoms with Crippen LogP contribution in [-0.4, -0.2) is 70.0 Å². The second-order valence-corrected chi connectivity index (χ2v) is 21.6. The number of hydrogen-bond acceptors (Lipinski definition) is 8. The van der Waals surface area contributed by atoms with Crippen LogP contribution in [0.25, 0.3) is 22.0 Å². The van der Waals surface area contributed by atoms with Crippen LogP contribution < -0.4 is 10.0 Å². The van der Waals surface area contributed by atoms with Gasteiger partial charge in [-0.3, -0.25) is 18.9 Å². The van der Waals surface area contributed by atoms with Gasteiger partial charge in [0.15, 0.2) is 21.3 Å². The molecule has 5 aromatic rings. The largest absolute Gasteiger partial charge is 0.435 e. The molecular formula is C41H35ClF9N7O5S2. The van der Waals surface area contributed by atoms with Gasteiger partial charge in [0.2, 0.25) is 15.9 Å². The summed E-state index contributed by atoms with van der Waals surface area (Å²) in [6, 6.07) is 5.93. The van der Waals surface area contributed by atoms with Crippen molar-refractivity contribution in [3.8, 4) is 23.0 Å². The summed E-state index contributed by atoms with van der Waals surface area (Å²) in [5.74, 6) is -4.86. The molecule has 1 amide bonds. The number of anilines is 1. The highest BCUT2D eigenvalue weighted by molar-refractivity contribution is 7.93. The molecule has 3 aliphatic rings. The molecule has 2 aromatic carbocycles. The number of hydrogen-bond donors (Lipinski definition) is 2. The molecule has 0 aliphatic heterocycles. The summed E-state index contributed by atoms with van der Waals surface area (Å²) in [7, 11) is -7.88. The van der Waals surface area contributed by atoms with Crippen molar-refractivity contribution in [2.24, 2.45) is 5.92 Å². The SMILES string of the molecule is CC(C)(C#Cc1ccc(-c2ccc(Cl)c3c(NS(=O)(=O)C4CC4)nn(CC(F)F)c23)c(C(Cc2cc(F)cc(F)c2)NC(=O)Cn2nc(C(F)(F)F)c3c2C(F)(F)[C@@H]2C[C@H]32)n1)S(C)(=O)=O. The second-order valence-electron chi connectivity index (χ2n) is 16.7. The Hall–Kier alpha value is -5.34. The third kappa shape index (κ3) is 8.88. The zero-order chi connectivity index (χ0) is 47.3. The number of sulfonamides is 1. The lowest BCUT2D eigenvalue weighted by Crippen LogP contribution is -2.35. The highest BCUT2D eigenvalue weighted by Crippen LogP contribution is 2.68. The Morgan fingerprint density at radius 2 is 1.65 bits per heavy atom. The summed E-state index contributed by atoms with van der Waals surface area (Å²) in [6.45, 7) is 0.290. The molecule has 12 nitrogen and oxygen atoms in total. The van der Waals surface area contributed by atoms with Crippen LogP contribution in [0.2, 0.25) is 5.02 Å². The topological polar surface area (TPSA) is 158 Å². The number of pyridine rings is 1. The Balaban J connectivity index is 1.32. The quantitative estimate of drug-likeness (QED) is 0.0891. The summed E-state index contributed by atoms with van der Waals surface area (Å²) in [5, 5.41) is 9.01. The van der Waals surface area contributed by atoms with Crippen LogP contribution in [0.5, 0.6) is 0 Å². The monoisotopic (exact) mass is 975 g/mol. The van der Waals surface area contributed by atoms with Crippen molar-refractivity contribution < 1.29 is 61.1 Å². The number of fused-ring (bicyclic) bond motifs is 4. The Morgan fingerprint density at radius 1 is 0.985 bits per heavy atom. The molecule has 24 heteroatoms. The van der Waals surface area contributed by atoms with E-state index in [0.29, 0.717) is 18.9 Å². The van der Waals surface area contributed by atoms with Gasteiger partial charge in [0.05, 0.1) is 32.9 Å². The van der Waals surface area contributed by atoms with Crippen LogP contribution in [0, 0.1) is 29.4 Å². The molecule has 0 radical (unpaired) electrons. The molecule has 0 bridgehead atoms. The van der Waals surface area contributed by atoms with Crippen molar-refractivity contribution in [3.05, 3.63) is 93.0 Å². The van der Waals surface area contributed by atoms with E-state index < -0.39 is 126 Å². The molecule has 3 atom stereocenters. The van der Waals surface area contributed by atoms with Gasteiger partial charge in [-0.05, 0) is 87.3 Å². The van der Waals surface area contributed by atoms with Crippen LogP contribution in [0.4, 0.5) is 45.3 Å². The summed E-state index contributed by atoms with van der Waals surface area (Å²) in [4.78, 5) is 18.7. The number of sulfone groups is 1. The Bertz CT molecular complexity index is 3070. The molecule has 2 fully saturated rings. The normalized spacial score (nSPS) is 18.6. The number of alkyl halides is 7.